The van der Waals surface area contributed by atoms with E-state index >= 15 is 0 Å². The Balaban J connectivity index is 1.61. The van der Waals surface area contributed by atoms with Gasteiger partial charge in [-0.3, -0.25) is 9.59 Å². The molecule has 1 fully saturated rings. The molecule has 1 N–H and O–H groups in total. The highest BCUT2D eigenvalue weighted by Gasteiger charge is 2.20. The van der Waals surface area contributed by atoms with Crippen LogP contribution in [0.4, 0.5) is 0 Å². The summed E-state index contributed by atoms with van der Waals surface area (Å²) in [6.07, 6.45) is 4.75. The van der Waals surface area contributed by atoms with E-state index < -0.39 is 0 Å². The van der Waals surface area contributed by atoms with Crippen LogP contribution in [0, 0.1) is 5.92 Å². The van der Waals surface area contributed by atoms with Gasteiger partial charge >= 0.3 is 0 Å². The van der Waals surface area contributed by atoms with Crippen LogP contribution in [0.3, 0.4) is 0 Å². The van der Waals surface area contributed by atoms with E-state index in [-0.39, 0.29) is 30.5 Å². The van der Waals surface area contributed by atoms with Gasteiger partial charge in [0, 0.05) is 12.5 Å². The largest absolute Gasteiger partial charge is 0.353 e. The van der Waals surface area contributed by atoms with Gasteiger partial charge in [0.15, 0.2) is 0 Å². The molecule has 1 aromatic carbocycles. The number of nitrogens with one attached hydrogen (secondary N) is 1. The van der Waals surface area contributed by atoms with Crippen molar-refractivity contribution in [1.82, 2.24) is 20.3 Å². The second kappa shape index (κ2) is 6.89. The Morgan fingerprint density at radius 2 is 2.17 bits per heavy atom. The van der Waals surface area contributed by atoms with Gasteiger partial charge in [0.2, 0.25) is 5.91 Å². The molecule has 0 spiro atoms. The first kappa shape index (κ1) is 15.6. The minimum Gasteiger partial charge on any atom is -0.353 e. The number of carbonyl (C=O) groups excluding carboxylic acids is 1. The van der Waals surface area contributed by atoms with Crippen molar-refractivity contribution in [2.24, 2.45) is 5.92 Å². The standard InChI is InChI=1S/C17H22N4O2/c1-12-5-4-6-13(11-12)18-16(22)9-10-21-17(23)14-7-2-3-8-15(14)19-20-21/h2-3,7-8,12-13H,4-6,9-11H2,1H3,(H,18,22). The van der Waals surface area contributed by atoms with E-state index in [1.807, 2.05) is 6.07 Å². The van der Waals surface area contributed by atoms with Gasteiger partial charge in [-0.15, -0.1) is 5.10 Å². The highest BCUT2D eigenvalue weighted by atomic mass is 16.2. The minimum absolute atomic E-state index is 0.0223. The van der Waals surface area contributed by atoms with E-state index in [4.69, 9.17) is 0 Å². The highest BCUT2D eigenvalue weighted by molar-refractivity contribution is 5.77. The average Bonchev–Trinajstić information content (AvgIpc) is 2.54. The van der Waals surface area contributed by atoms with Crippen LogP contribution in [0.25, 0.3) is 10.9 Å². The number of fused-ring (bicyclic) bond motifs is 1. The molecule has 1 amide bonds. The molecule has 1 aromatic heterocycles. The lowest BCUT2D eigenvalue weighted by Crippen LogP contribution is -2.38. The smallest absolute Gasteiger partial charge is 0.277 e. The normalized spacial score (nSPS) is 21.3. The summed E-state index contributed by atoms with van der Waals surface area (Å²) in [6, 6.07) is 7.37. The summed E-state index contributed by atoms with van der Waals surface area (Å²) in [4.78, 5) is 24.4. The number of benzene rings is 1. The van der Waals surface area contributed by atoms with Crippen molar-refractivity contribution in [3.8, 4) is 0 Å². The summed E-state index contributed by atoms with van der Waals surface area (Å²) < 4.78 is 1.27. The number of hydrogen-bond acceptors (Lipinski definition) is 4. The number of carbonyl (C=O) groups is 1. The maximum Gasteiger partial charge on any atom is 0.277 e. The molecule has 0 saturated heterocycles. The molecule has 122 valence electrons. The van der Waals surface area contributed by atoms with Crippen LogP contribution < -0.4 is 10.9 Å². The second-order valence-electron chi connectivity index (χ2n) is 6.42. The predicted octanol–water partition coefficient (Wildman–Crippen LogP) is 1.88. The van der Waals surface area contributed by atoms with Gasteiger partial charge < -0.3 is 5.32 Å². The fraction of sp³-hybridized carbons (Fsp3) is 0.529. The molecule has 1 heterocycles. The summed E-state index contributed by atoms with van der Waals surface area (Å²) in [6.45, 7) is 2.48. The van der Waals surface area contributed by atoms with Crippen LogP contribution >= 0.6 is 0 Å². The molecule has 23 heavy (non-hydrogen) atoms. The fourth-order valence-corrected chi connectivity index (χ4v) is 3.24. The number of aryl methyl sites for hydroxylation is 1. The molecule has 2 atom stereocenters. The molecule has 6 nitrogen and oxygen atoms in total. The zero-order valence-electron chi connectivity index (χ0n) is 13.4. The molecular weight excluding hydrogens is 292 g/mol. The molecule has 0 radical (unpaired) electrons. The molecule has 1 aliphatic carbocycles. The van der Waals surface area contributed by atoms with Crippen molar-refractivity contribution in [3.05, 3.63) is 34.6 Å². The van der Waals surface area contributed by atoms with Crippen LogP contribution in [-0.4, -0.2) is 26.9 Å². The van der Waals surface area contributed by atoms with Gasteiger partial charge in [0.25, 0.3) is 5.56 Å². The number of nitrogens with zero attached hydrogens (tertiary/aromatic N) is 3. The first-order valence-corrected chi connectivity index (χ1v) is 8.25. The van der Waals surface area contributed by atoms with E-state index in [0.717, 1.165) is 12.8 Å². The quantitative estimate of drug-likeness (QED) is 0.934. The van der Waals surface area contributed by atoms with Gasteiger partial charge in [-0.2, -0.15) is 0 Å². The molecule has 0 bridgehead atoms. The van der Waals surface area contributed by atoms with E-state index in [0.29, 0.717) is 16.8 Å². The third kappa shape index (κ3) is 3.75. The first-order chi connectivity index (χ1) is 11.1. The zero-order chi connectivity index (χ0) is 16.2. The van der Waals surface area contributed by atoms with Gasteiger partial charge in [0.05, 0.1) is 11.9 Å². The molecule has 1 aliphatic rings. The minimum atomic E-state index is -0.199. The van der Waals surface area contributed by atoms with Crippen molar-refractivity contribution in [2.45, 2.75) is 51.6 Å². The molecule has 1 saturated carbocycles. The lowest BCUT2D eigenvalue weighted by atomic mass is 9.87. The Bertz CT molecular complexity index is 756. The van der Waals surface area contributed by atoms with E-state index in [1.54, 1.807) is 18.2 Å². The Morgan fingerprint density at radius 3 is 3.00 bits per heavy atom. The van der Waals surface area contributed by atoms with Crippen molar-refractivity contribution in [3.63, 3.8) is 0 Å². The predicted molar refractivity (Wildman–Crippen MR) is 88.0 cm³/mol. The molecular formula is C17H22N4O2. The van der Waals surface area contributed by atoms with Gasteiger partial charge in [0.1, 0.15) is 5.52 Å². The summed E-state index contributed by atoms with van der Waals surface area (Å²) in [5.41, 5.74) is 0.379. The van der Waals surface area contributed by atoms with Crippen LogP contribution in [-0.2, 0) is 11.3 Å². The summed E-state index contributed by atoms with van der Waals surface area (Å²) in [5.74, 6) is 0.647. The van der Waals surface area contributed by atoms with Crippen LogP contribution in [0.15, 0.2) is 29.1 Å². The SMILES string of the molecule is CC1CCCC(NC(=O)CCn2nnc3ccccc3c2=O)C1. The van der Waals surface area contributed by atoms with Crippen molar-refractivity contribution < 1.29 is 4.79 Å². The maximum atomic E-state index is 12.3. The maximum absolute atomic E-state index is 12.3. The third-order valence-electron chi connectivity index (χ3n) is 4.48. The van der Waals surface area contributed by atoms with Crippen molar-refractivity contribution in [1.29, 1.82) is 0 Å². The number of amides is 1. The van der Waals surface area contributed by atoms with Crippen molar-refractivity contribution >= 4 is 16.8 Å². The van der Waals surface area contributed by atoms with E-state index in [9.17, 15) is 9.59 Å². The Labute approximate surface area is 134 Å². The zero-order valence-corrected chi connectivity index (χ0v) is 13.4. The third-order valence-corrected chi connectivity index (χ3v) is 4.48. The van der Waals surface area contributed by atoms with E-state index in [2.05, 4.69) is 22.6 Å². The van der Waals surface area contributed by atoms with Gasteiger partial charge in [-0.25, -0.2) is 4.68 Å². The lowest BCUT2D eigenvalue weighted by molar-refractivity contribution is -0.122. The summed E-state index contributed by atoms with van der Waals surface area (Å²) in [5, 5.41) is 11.5. The monoisotopic (exact) mass is 314 g/mol. The molecule has 3 rings (SSSR count). The lowest BCUT2D eigenvalue weighted by Gasteiger charge is -2.27. The topological polar surface area (TPSA) is 76.9 Å². The van der Waals surface area contributed by atoms with Gasteiger partial charge in [-0.1, -0.05) is 37.1 Å². The molecule has 2 unspecified atom stereocenters. The number of aromatic nitrogens is 3. The average molecular weight is 314 g/mol. The highest BCUT2D eigenvalue weighted by Crippen LogP contribution is 2.23. The number of hydrogen-bond donors (Lipinski definition) is 1. The molecule has 0 aliphatic heterocycles. The molecule has 2 aromatic rings. The summed E-state index contributed by atoms with van der Waals surface area (Å²) in [7, 11) is 0. The van der Waals surface area contributed by atoms with Gasteiger partial charge in [-0.05, 0) is 30.9 Å². The van der Waals surface area contributed by atoms with Crippen molar-refractivity contribution in [2.75, 3.05) is 0 Å². The molecule has 6 heteroatoms. The summed E-state index contributed by atoms with van der Waals surface area (Å²) >= 11 is 0. The van der Waals surface area contributed by atoms with Crippen LogP contribution in [0.1, 0.15) is 39.0 Å². The fourth-order valence-electron chi connectivity index (χ4n) is 3.24. The Morgan fingerprint density at radius 1 is 1.35 bits per heavy atom. The first-order valence-electron chi connectivity index (χ1n) is 8.25. The van der Waals surface area contributed by atoms with Crippen LogP contribution in [0.5, 0.6) is 0 Å². The Hall–Kier alpha value is -2.24. The second-order valence-corrected chi connectivity index (χ2v) is 6.42. The van der Waals surface area contributed by atoms with Crippen LogP contribution in [0.2, 0.25) is 0 Å². The number of rotatable bonds is 4. The van der Waals surface area contributed by atoms with E-state index in [1.165, 1.54) is 17.5 Å². The Kier molecular flexibility index (Phi) is 4.69.